The summed E-state index contributed by atoms with van der Waals surface area (Å²) in [6.45, 7) is 15.5. The molecule has 0 spiro atoms. The van der Waals surface area contributed by atoms with E-state index in [9.17, 15) is 0 Å². The number of guanidine groups is 1. The first-order valence-electron chi connectivity index (χ1n) is 9.07. The van der Waals surface area contributed by atoms with E-state index in [1.54, 1.807) is 0 Å². The molecular formula is C18H34N4O2. The molecule has 24 heavy (non-hydrogen) atoms. The third-order valence-corrected chi connectivity index (χ3v) is 3.75. The number of hydrogen-bond donors (Lipinski definition) is 2. The third-order valence-electron chi connectivity index (χ3n) is 3.75. The summed E-state index contributed by atoms with van der Waals surface area (Å²) < 4.78 is 11.1. The van der Waals surface area contributed by atoms with Crippen LogP contribution < -0.4 is 10.6 Å². The summed E-state index contributed by atoms with van der Waals surface area (Å²) in [5, 5.41) is 10.7. The van der Waals surface area contributed by atoms with E-state index in [0.717, 1.165) is 43.5 Å². The number of aliphatic imine (C=N–C) groups is 1. The van der Waals surface area contributed by atoms with Gasteiger partial charge in [-0.1, -0.05) is 32.9 Å². The lowest BCUT2D eigenvalue weighted by Crippen LogP contribution is -2.39. The fourth-order valence-electron chi connectivity index (χ4n) is 2.33. The van der Waals surface area contributed by atoms with Gasteiger partial charge >= 0.3 is 0 Å². The average molecular weight is 338 g/mol. The summed E-state index contributed by atoms with van der Waals surface area (Å²) in [5.41, 5.74) is 0.967. The molecule has 1 unspecified atom stereocenters. The molecule has 6 nitrogen and oxygen atoms in total. The Kier molecular flexibility index (Phi) is 9.45. The van der Waals surface area contributed by atoms with E-state index in [4.69, 9.17) is 9.26 Å². The lowest BCUT2D eigenvalue weighted by molar-refractivity contribution is 0.0258. The molecule has 1 atom stereocenters. The van der Waals surface area contributed by atoms with Crippen molar-refractivity contribution in [2.24, 2.45) is 10.9 Å². The van der Waals surface area contributed by atoms with Crippen molar-refractivity contribution in [2.45, 2.75) is 66.5 Å². The minimum atomic E-state index is 0.272. The highest BCUT2D eigenvalue weighted by molar-refractivity contribution is 5.79. The number of nitrogens with zero attached hydrogens (tertiary/aromatic N) is 2. The zero-order valence-corrected chi connectivity index (χ0v) is 16.1. The Morgan fingerprint density at radius 3 is 2.54 bits per heavy atom. The molecule has 1 aromatic rings. The first-order valence-corrected chi connectivity index (χ1v) is 9.07. The molecule has 138 valence electrons. The van der Waals surface area contributed by atoms with E-state index in [0.29, 0.717) is 18.4 Å². The molecule has 1 rings (SSSR count). The largest absolute Gasteiger partial charge is 0.378 e. The molecule has 0 saturated heterocycles. The predicted molar refractivity (Wildman–Crippen MR) is 98.3 cm³/mol. The van der Waals surface area contributed by atoms with E-state index >= 15 is 0 Å². The second-order valence-electron chi connectivity index (χ2n) is 6.52. The second kappa shape index (κ2) is 11.1. The van der Waals surface area contributed by atoms with Gasteiger partial charge in [-0.15, -0.1) is 0 Å². The molecule has 0 bridgehead atoms. The van der Waals surface area contributed by atoms with Crippen molar-refractivity contribution < 1.29 is 9.26 Å². The maximum atomic E-state index is 5.78. The summed E-state index contributed by atoms with van der Waals surface area (Å²) in [6.07, 6.45) is 1.23. The van der Waals surface area contributed by atoms with Gasteiger partial charge in [0, 0.05) is 25.8 Å². The lowest BCUT2D eigenvalue weighted by Gasteiger charge is -2.21. The molecule has 0 amide bonds. The number of ether oxygens (including phenoxy) is 1. The second-order valence-corrected chi connectivity index (χ2v) is 6.52. The molecule has 1 aromatic heterocycles. The Balaban J connectivity index is 2.52. The van der Waals surface area contributed by atoms with Crippen LogP contribution in [0.1, 0.15) is 65.3 Å². The van der Waals surface area contributed by atoms with Gasteiger partial charge < -0.3 is 19.9 Å². The molecule has 0 fully saturated rings. The topological polar surface area (TPSA) is 71.7 Å². The molecular weight excluding hydrogens is 304 g/mol. The van der Waals surface area contributed by atoms with Crippen LogP contribution in [0.2, 0.25) is 0 Å². The SMILES string of the molecule is CCNC(=NCc1cc(C(C)C)no1)NCCC(OCC)C(C)C. The average Bonchev–Trinajstić information content (AvgIpc) is 3.00. The van der Waals surface area contributed by atoms with Crippen LogP contribution in [-0.4, -0.2) is 36.9 Å². The van der Waals surface area contributed by atoms with Crippen molar-refractivity contribution in [1.82, 2.24) is 15.8 Å². The van der Waals surface area contributed by atoms with E-state index in [1.165, 1.54) is 0 Å². The monoisotopic (exact) mass is 338 g/mol. The van der Waals surface area contributed by atoms with Crippen molar-refractivity contribution in [3.05, 3.63) is 17.5 Å². The Morgan fingerprint density at radius 1 is 1.25 bits per heavy atom. The summed E-state index contributed by atoms with van der Waals surface area (Å²) >= 11 is 0. The normalized spacial score (nSPS) is 13.6. The van der Waals surface area contributed by atoms with Crippen LogP contribution in [0.4, 0.5) is 0 Å². The van der Waals surface area contributed by atoms with Gasteiger partial charge in [0.2, 0.25) is 0 Å². The summed E-state index contributed by atoms with van der Waals surface area (Å²) in [6, 6.07) is 1.97. The quantitative estimate of drug-likeness (QED) is 0.506. The van der Waals surface area contributed by atoms with Gasteiger partial charge in [-0.25, -0.2) is 4.99 Å². The fourth-order valence-corrected chi connectivity index (χ4v) is 2.33. The zero-order chi connectivity index (χ0) is 17.9. The van der Waals surface area contributed by atoms with E-state index < -0.39 is 0 Å². The summed E-state index contributed by atoms with van der Waals surface area (Å²) in [7, 11) is 0. The number of hydrogen-bond acceptors (Lipinski definition) is 4. The molecule has 0 radical (unpaired) electrons. The highest BCUT2D eigenvalue weighted by Gasteiger charge is 2.13. The number of aromatic nitrogens is 1. The maximum Gasteiger partial charge on any atom is 0.191 e. The van der Waals surface area contributed by atoms with Gasteiger partial charge in [0.15, 0.2) is 11.7 Å². The van der Waals surface area contributed by atoms with Crippen molar-refractivity contribution in [3.8, 4) is 0 Å². The van der Waals surface area contributed by atoms with E-state index in [2.05, 4.69) is 55.4 Å². The Morgan fingerprint density at radius 2 is 2.00 bits per heavy atom. The molecule has 0 aliphatic carbocycles. The lowest BCUT2D eigenvalue weighted by atomic mass is 10.0. The van der Waals surface area contributed by atoms with Crippen LogP contribution in [0, 0.1) is 5.92 Å². The molecule has 2 N–H and O–H groups in total. The first kappa shape index (κ1) is 20.5. The van der Waals surface area contributed by atoms with Gasteiger partial charge in [-0.2, -0.15) is 0 Å². The smallest absolute Gasteiger partial charge is 0.191 e. The van der Waals surface area contributed by atoms with Gasteiger partial charge in [-0.3, -0.25) is 0 Å². The minimum absolute atomic E-state index is 0.272. The van der Waals surface area contributed by atoms with Crippen molar-refractivity contribution in [2.75, 3.05) is 19.7 Å². The van der Waals surface area contributed by atoms with Crippen LogP contribution in [0.15, 0.2) is 15.6 Å². The van der Waals surface area contributed by atoms with Gasteiger partial charge in [0.1, 0.15) is 6.54 Å². The molecule has 0 aliphatic rings. The summed E-state index contributed by atoms with van der Waals surface area (Å²) in [4.78, 5) is 4.56. The zero-order valence-electron chi connectivity index (χ0n) is 16.1. The maximum absolute atomic E-state index is 5.78. The van der Waals surface area contributed by atoms with Gasteiger partial charge in [-0.05, 0) is 32.1 Å². The minimum Gasteiger partial charge on any atom is -0.378 e. The Hall–Kier alpha value is -1.56. The summed E-state index contributed by atoms with van der Waals surface area (Å²) in [5.74, 6) is 2.45. The van der Waals surface area contributed by atoms with Gasteiger partial charge in [0.25, 0.3) is 0 Å². The van der Waals surface area contributed by atoms with Crippen LogP contribution >= 0.6 is 0 Å². The molecule has 0 saturated carbocycles. The van der Waals surface area contributed by atoms with Crippen molar-refractivity contribution in [1.29, 1.82) is 0 Å². The van der Waals surface area contributed by atoms with Crippen LogP contribution in [-0.2, 0) is 11.3 Å². The Labute approximate surface area is 146 Å². The molecule has 1 heterocycles. The van der Waals surface area contributed by atoms with E-state index in [1.807, 2.05) is 13.0 Å². The van der Waals surface area contributed by atoms with Crippen LogP contribution in [0.5, 0.6) is 0 Å². The molecule has 6 heteroatoms. The third kappa shape index (κ3) is 7.34. The fraction of sp³-hybridized carbons (Fsp3) is 0.778. The van der Waals surface area contributed by atoms with Crippen molar-refractivity contribution >= 4 is 5.96 Å². The predicted octanol–water partition coefficient (Wildman–Crippen LogP) is 3.30. The first-order chi connectivity index (χ1) is 11.5. The molecule has 0 aromatic carbocycles. The highest BCUT2D eigenvalue weighted by Crippen LogP contribution is 2.14. The van der Waals surface area contributed by atoms with Gasteiger partial charge in [0.05, 0.1) is 11.8 Å². The number of nitrogens with one attached hydrogen (secondary N) is 2. The number of rotatable bonds is 10. The standard InChI is InChI=1S/C18H34N4O2/c1-7-19-18(20-10-9-17(14(5)6)23-8-2)21-12-15-11-16(13(3)4)22-24-15/h11,13-14,17H,7-10,12H2,1-6H3,(H2,19,20,21). The van der Waals surface area contributed by atoms with Crippen molar-refractivity contribution in [3.63, 3.8) is 0 Å². The molecule has 0 aliphatic heterocycles. The van der Waals surface area contributed by atoms with E-state index in [-0.39, 0.29) is 6.10 Å². The highest BCUT2D eigenvalue weighted by atomic mass is 16.5. The van der Waals surface area contributed by atoms with Crippen LogP contribution in [0.25, 0.3) is 0 Å². The van der Waals surface area contributed by atoms with Crippen LogP contribution in [0.3, 0.4) is 0 Å². The Bertz CT molecular complexity index is 483.